The van der Waals surface area contributed by atoms with Gasteiger partial charge < -0.3 is 10.2 Å². The van der Waals surface area contributed by atoms with Crippen LogP contribution < -0.4 is 0 Å². The third-order valence-electron chi connectivity index (χ3n) is 3.82. The third-order valence-corrected chi connectivity index (χ3v) is 3.82. The van der Waals surface area contributed by atoms with Gasteiger partial charge in [0.1, 0.15) is 19.6 Å². The van der Waals surface area contributed by atoms with Gasteiger partial charge in [0.15, 0.2) is 0 Å². The van der Waals surface area contributed by atoms with Crippen LogP contribution in [0, 0.1) is 0 Å². The minimum atomic E-state index is -1.30. The monoisotopic (exact) mass is 372 g/mol. The molecule has 0 aromatic heterocycles. The van der Waals surface area contributed by atoms with Crippen LogP contribution in [0.25, 0.3) is 0 Å². The summed E-state index contributed by atoms with van der Waals surface area (Å²) in [6, 6.07) is 3.45. The molecule has 6 heteroatoms. The van der Waals surface area contributed by atoms with E-state index in [-0.39, 0.29) is 21.2 Å². The number of amides is 1. The summed E-state index contributed by atoms with van der Waals surface area (Å²) in [5.41, 5.74) is 1.81. The number of hydrogen-bond acceptors (Lipinski definition) is 3. The molecule has 144 valence electrons. The summed E-state index contributed by atoms with van der Waals surface area (Å²) in [6.07, 6.45) is 0. The summed E-state index contributed by atoms with van der Waals surface area (Å²) in [4.78, 5) is 36.2. The first-order valence-electron chi connectivity index (χ1n) is 8.34. The van der Waals surface area contributed by atoms with Gasteiger partial charge in [-0.25, -0.2) is 18.9 Å². The van der Waals surface area contributed by atoms with E-state index in [1.807, 2.05) is 0 Å². The lowest BCUT2D eigenvalue weighted by Crippen LogP contribution is -2.55. The van der Waals surface area contributed by atoms with Crippen LogP contribution >= 0.6 is 0 Å². The Bertz CT molecular complexity index is 762. The second-order valence-electron chi connectivity index (χ2n) is 7.21. The maximum Gasteiger partial charge on any atom is 0.346 e. The summed E-state index contributed by atoms with van der Waals surface area (Å²) in [5, 5.41) is 18.6. The molecule has 1 aromatic carbocycles. The molecule has 1 amide bonds. The standard InChI is InChI=1S/C21H25NO5/c1-13(2)10-22(11-14(3)4,12-15(5)6)19(23)16-7-17(20(24)25)9-18(8-16)21(26)27/h7-9H,1,3,5,10-12H2,2,4,6H3,(H-,24,25,26,27)/p+1. The zero-order valence-corrected chi connectivity index (χ0v) is 16.0. The molecule has 0 aliphatic heterocycles. The molecule has 0 spiro atoms. The molecular formula is C21H26NO5+. The second kappa shape index (κ2) is 8.60. The molecule has 0 fully saturated rings. The van der Waals surface area contributed by atoms with Crippen LogP contribution in [-0.2, 0) is 0 Å². The lowest BCUT2D eigenvalue weighted by Gasteiger charge is -2.36. The number of carbonyl (C=O) groups is 3. The van der Waals surface area contributed by atoms with Gasteiger partial charge in [0.2, 0.25) is 0 Å². The van der Waals surface area contributed by atoms with Crippen molar-refractivity contribution in [2.75, 3.05) is 19.6 Å². The van der Waals surface area contributed by atoms with Gasteiger partial charge in [0.25, 0.3) is 0 Å². The van der Waals surface area contributed by atoms with Crippen LogP contribution in [0.1, 0.15) is 51.8 Å². The molecule has 6 nitrogen and oxygen atoms in total. The summed E-state index contributed by atoms with van der Waals surface area (Å²) in [5.74, 6) is -3.00. The molecular weight excluding hydrogens is 346 g/mol. The molecule has 0 radical (unpaired) electrons. The van der Waals surface area contributed by atoms with Crippen LogP contribution in [0.3, 0.4) is 0 Å². The maximum atomic E-state index is 13.5. The minimum Gasteiger partial charge on any atom is -0.478 e. The van der Waals surface area contributed by atoms with E-state index in [4.69, 9.17) is 0 Å². The number of benzene rings is 1. The Labute approximate surface area is 159 Å². The van der Waals surface area contributed by atoms with E-state index in [9.17, 15) is 24.6 Å². The highest BCUT2D eigenvalue weighted by molar-refractivity contribution is 5.99. The van der Waals surface area contributed by atoms with E-state index in [1.165, 1.54) is 12.1 Å². The van der Waals surface area contributed by atoms with Crippen LogP contribution in [-0.4, -0.2) is 52.2 Å². The van der Waals surface area contributed by atoms with Crippen molar-refractivity contribution in [3.05, 3.63) is 71.3 Å². The number of aromatic carboxylic acids is 2. The molecule has 0 heterocycles. The number of quaternary nitrogens is 1. The highest BCUT2D eigenvalue weighted by atomic mass is 16.4. The Morgan fingerprint density at radius 1 is 0.741 bits per heavy atom. The van der Waals surface area contributed by atoms with E-state index in [0.29, 0.717) is 19.6 Å². The molecule has 1 aromatic rings. The zero-order valence-electron chi connectivity index (χ0n) is 16.0. The molecule has 27 heavy (non-hydrogen) atoms. The number of hydrogen-bond donors (Lipinski definition) is 2. The molecule has 0 aliphatic carbocycles. The van der Waals surface area contributed by atoms with Gasteiger partial charge in [0.05, 0.1) is 16.7 Å². The van der Waals surface area contributed by atoms with Gasteiger partial charge in [0, 0.05) is 0 Å². The average Bonchev–Trinajstić information content (AvgIpc) is 2.51. The van der Waals surface area contributed by atoms with Gasteiger partial charge in [-0.1, -0.05) is 19.7 Å². The number of nitrogens with zero attached hydrogens (tertiary/aromatic N) is 1. The van der Waals surface area contributed by atoms with Crippen LogP contribution in [0.2, 0.25) is 0 Å². The summed E-state index contributed by atoms with van der Waals surface area (Å²) in [7, 11) is 0. The Morgan fingerprint density at radius 2 is 1.04 bits per heavy atom. The lowest BCUT2D eigenvalue weighted by molar-refractivity contribution is -0.834. The van der Waals surface area contributed by atoms with Crippen molar-refractivity contribution in [2.24, 2.45) is 0 Å². The fourth-order valence-corrected chi connectivity index (χ4v) is 3.21. The van der Waals surface area contributed by atoms with Gasteiger partial charge in [-0.15, -0.1) is 0 Å². The first-order valence-corrected chi connectivity index (χ1v) is 8.34. The molecule has 1 rings (SSSR count). The van der Waals surface area contributed by atoms with Crippen LogP contribution in [0.5, 0.6) is 0 Å². The number of carbonyl (C=O) groups excluding carboxylic acids is 1. The van der Waals surface area contributed by atoms with Crippen molar-refractivity contribution in [1.82, 2.24) is 0 Å². The predicted octanol–water partition coefficient (Wildman–Crippen LogP) is 3.77. The quantitative estimate of drug-likeness (QED) is 0.508. The van der Waals surface area contributed by atoms with Crippen LogP contribution in [0.15, 0.2) is 54.7 Å². The highest BCUT2D eigenvalue weighted by Gasteiger charge is 2.38. The Kier molecular flexibility index (Phi) is 7.02. The van der Waals surface area contributed by atoms with E-state index in [2.05, 4.69) is 19.7 Å². The first-order chi connectivity index (χ1) is 12.4. The second-order valence-corrected chi connectivity index (χ2v) is 7.21. The molecule has 0 aliphatic rings. The molecule has 0 saturated heterocycles. The topological polar surface area (TPSA) is 91.7 Å². The van der Waals surface area contributed by atoms with Gasteiger partial charge in [-0.3, -0.25) is 0 Å². The average molecular weight is 372 g/mol. The highest BCUT2D eigenvalue weighted by Crippen LogP contribution is 2.23. The Morgan fingerprint density at radius 3 is 1.30 bits per heavy atom. The molecule has 0 bridgehead atoms. The first kappa shape index (κ1) is 22.1. The number of carboxylic acids is 2. The van der Waals surface area contributed by atoms with Crippen molar-refractivity contribution in [1.29, 1.82) is 0 Å². The van der Waals surface area contributed by atoms with E-state index in [0.717, 1.165) is 22.8 Å². The van der Waals surface area contributed by atoms with E-state index < -0.39 is 17.8 Å². The van der Waals surface area contributed by atoms with Crippen molar-refractivity contribution in [3.63, 3.8) is 0 Å². The third kappa shape index (κ3) is 5.76. The Balaban J connectivity index is 3.66. The number of rotatable bonds is 9. The van der Waals surface area contributed by atoms with Gasteiger partial charge >= 0.3 is 17.8 Å². The SMILES string of the molecule is C=C(C)C[N+](CC(=C)C)(CC(=C)C)C(=O)c1cc(C(=O)O)cc(C(=O)O)c1. The van der Waals surface area contributed by atoms with Crippen molar-refractivity contribution in [2.45, 2.75) is 20.8 Å². The van der Waals surface area contributed by atoms with E-state index >= 15 is 0 Å². The van der Waals surface area contributed by atoms with Crippen molar-refractivity contribution in [3.8, 4) is 0 Å². The zero-order chi connectivity index (χ0) is 20.9. The maximum absolute atomic E-state index is 13.5. The Hall–Kier alpha value is -2.99. The van der Waals surface area contributed by atoms with Crippen molar-refractivity contribution < 1.29 is 29.1 Å². The lowest BCUT2D eigenvalue weighted by atomic mass is 10.0. The summed E-state index contributed by atoms with van der Waals surface area (Å²) < 4.78 is -0.109. The summed E-state index contributed by atoms with van der Waals surface area (Å²) in [6.45, 7) is 18.0. The largest absolute Gasteiger partial charge is 0.478 e. The molecule has 0 unspecified atom stereocenters. The van der Waals surface area contributed by atoms with Gasteiger partial charge in [-0.05, 0) is 55.7 Å². The summed E-state index contributed by atoms with van der Waals surface area (Å²) >= 11 is 0. The van der Waals surface area contributed by atoms with Gasteiger partial charge in [-0.2, -0.15) is 0 Å². The fraction of sp³-hybridized carbons (Fsp3) is 0.286. The molecule has 0 atom stereocenters. The number of carboxylic acid groups (broad SMARTS) is 2. The minimum absolute atomic E-state index is 0.0241. The van der Waals surface area contributed by atoms with Crippen molar-refractivity contribution >= 4 is 17.8 Å². The smallest absolute Gasteiger partial charge is 0.346 e. The van der Waals surface area contributed by atoms with Crippen LogP contribution in [0.4, 0.5) is 0 Å². The normalized spacial score (nSPS) is 10.9. The predicted molar refractivity (Wildman–Crippen MR) is 104 cm³/mol. The molecule has 0 saturated carbocycles. The fourth-order valence-electron chi connectivity index (χ4n) is 3.21. The van der Waals surface area contributed by atoms with E-state index in [1.54, 1.807) is 20.8 Å². The molecule has 2 N–H and O–H groups in total.